The third-order valence-corrected chi connectivity index (χ3v) is 2.74. The first-order valence-electron chi connectivity index (χ1n) is 5.58. The molecule has 0 aliphatic carbocycles. The fourth-order valence-electron chi connectivity index (χ4n) is 1.77. The van der Waals surface area contributed by atoms with Crippen LogP contribution in [0.4, 0.5) is 4.39 Å². The number of pyridine rings is 1. The number of methoxy groups -OCH3 is 1. The molecule has 0 fully saturated rings. The fraction of sp³-hybridized carbons (Fsp3) is 0.143. The van der Waals surface area contributed by atoms with Gasteiger partial charge in [0, 0.05) is 11.8 Å². The average molecular weight is 258 g/mol. The Bertz CT molecular complexity index is 701. The molecule has 0 bridgehead atoms. The van der Waals surface area contributed by atoms with Gasteiger partial charge < -0.3 is 9.30 Å². The summed E-state index contributed by atoms with van der Waals surface area (Å²) in [5.74, 6) is -0.374. The molecule has 1 aromatic heterocycles. The van der Waals surface area contributed by atoms with Crippen LogP contribution in [0, 0.1) is 17.1 Å². The Morgan fingerprint density at radius 3 is 2.84 bits per heavy atom. The summed E-state index contributed by atoms with van der Waals surface area (Å²) in [7, 11) is 1.38. The summed E-state index contributed by atoms with van der Waals surface area (Å²) >= 11 is 0. The SMILES string of the molecule is COc1cccc(Cn2cccc(C#N)c2=O)c1F. The third kappa shape index (κ3) is 2.47. The number of halogens is 1. The van der Waals surface area contributed by atoms with Crippen molar-refractivity contribution in [2.75, 3.05) is 7.11 Å². The molecule has 0 spiro atoms. The van der Waals surface area contributed by atoms with Gasteiger partial charge in [0.05, 0.1) is 13.7 Å². The molecule has 4 nitrogen and oxygen atoms in total. The van der Waals surface area contributed by atoms with Gasteiger partial charge in [0.25, 0.3) is 5.56 Å². The monoisotopic (exact) mass is 258 g/mol. The highest BCUT2D eigenvalue weighted by molar-refractivity contribution is 5.32. The smallest absolute Gasteiger partial charge is 0.268 e. The van der Waals surface area contributed by atoms with E-state index in [9.17, 15) is 9.18 Å². The summed E-state index contributed by atoms with van der Waals surface area (Å²) < 4.78 is 20.1. The van der Waals surface area contributed by atoms with Crippen LogP contribution in [0.5, 0.6) is 5.75 Å². The molecule has 0 saturated carbocycles. The van der Waals surface area contributed by atoms with Crippen molar-refractivity contribution in [1.29, 1.82) is 5.26 Å². The van der Waals surface area contributed by atoms with Crippen molar-refractivity contribution in [3.63, 3.8) is 0 Å². The summed E-state index contributed by atoms with van der Waals surface area (Å²) in [4.78, 5) is 11.9. The Labute approximate surface area is 109 Å². The van der Waals surface area contributed by atoms with Crippen LogP contribution in [-0.4, -0.2) is 11.7 Å². The van der Waals surface area contributed by atoms with Crippen molar-refractivity contribution >= 4 is 0 Å². The van der Waals surface area contributed by atoms with Crippen molar-refractivity contribution < 1.29 is 9.13 Å². The summed E-state index contributed by atoms with van der Waals surface area (Å²) in [6.45, 7) is 0.0530. The van der Waals surface area contributed by atoms with Crippen LogP contribution in [-0.2, 0) is 6.54 Å². The standard InChI is InChI=1S/C14H11FN2O2/c1-19-12-6-2-4-11(13(12)15)9-17-7-3-5-10(8-16)14(17)18/h2-7H,9H2,1H3. The Hall–Kier alpha value is -2.61. The molecular formula is C14H11FN2O2. The molecule has 0 atom stereocenters. The number of hydrogen-bond donors (Lipinski definition) is 0. The molecule has 1 heterocycles. The number of benzene rings is 1. The Morgan fingerprint density at radius 2 is 2.16 bits per heavy atom. The first-order valence-corrected chi connectivity index (χ1v) is 5.58. The molecule has 0 aliphatic rings. The number of ether oxygens (including phenoxy) is 1. The van der Waals surface area contributed by atoms with Crippen molar-refractivity contribution in [2.45, 2.75) is 6.54 Å². The minimum atomic E-state index is -0.501. The van der Waals surface area contributed by atoms with E-state index in [2.05, 4.69) is 0 Å². The Morgan fingerprint density at radius 1 is 1.37 bits per heavy atom. The zero-order valence-electron chi connectivity index (χ0n) is 10.3. The van der Waals surface area contributed by atoms with Crippen LogP contribution in [0.1, 0.15) is 11.1 Å². The van der Waals surface area contributed by atoms with Crippen molar-refractivity contribution in [3.05, 3.63) is 63.8 Å². The highest BCUT2D eigenvalue weighted by Crippen LogP contribution is 2.20. The van der Waals surface area contributed by atoms with Gasteiger partial charge >= 0.3 is 0 Å². The summed E-state index contributed by atoms with van der Waals surface area (Å²) in [6, 6.07) is 9.55. The highest BCUT2D eigenvalue weighted by atomic mass is 19.1. The second-order valence-corrected chi connectivity index (χ2v) is 3.90. The van der Waals surface area contributed by atoms with Crippen LogP contribution in [0.3, 0.4) is 0 Å². The average Bonchev–Trinajstić information content (AvgIpc) is 2.43. The number of hydrogen-bond acceptors (Lipinski definition) is 3. The Balaban J connectivity index is 2.43. The largest absolute Gasteiger partial charge is 0.494 e. The molecule has 0 amide bonds. The predicted molar refractivity (Wildman–Crippen MR) is 67.5 cm³/mol. The molecule has 0 radical (unpaired) electrons. The highest BCUT2D eigenvalue weighted by Gasteiger charge is 2.10. The Kier molecular flexibility index (Phi) is 3.62. The number of aromatic nitrogens is 1. The molecule has 19 heavy (non-hydrogen) atoms. The second-order valence-electron chi connectivity index (χ2n) is 3.90. The number of nitrogens with zero attached hydrogens (tertiary/aromatic N) is 2. The van der Waals surface area contributed by atoms with E-state index in [1.807, 2.05) is 0 Å². The van der Waals surface area contributed by atoms with Crippen LogP contribution >= 0.6 is 0 Å². The molecular weight excluding hydrogens is 247 g/mol. The van der Waals surface area contributed by atoms with E-state index in [4.69, 9.17) is 10.00 Å². The zero-order valence-corrected chi connectivity index (χ0v) is 10.3. The molecule has 0 saturated heterocycles. The van der Waals surface area contributed by atoms with E-state index in [0.717, 1.165) is 0 Å². The first kappa shape index (κ1) is 12.8. The first-order chi connectivity index (χ1) is 9.17. The van der Waals surface area contributed by atoms with Crippen molar-refractivity contribution in [1.82, 2.24) is 4.57 Å². The molecule has 0 N–H and O–H groups in total. The minimum absolute atomic E-state index is 0.0332. The topological polar surface area (TPSA) is 55.0 Å². The summed E-state index contributed by atoms with van der Waals surface area (Å²) in [5.41, 5.74) is -0.0745. The predicted octanol–water partition coefficient (Wildman–Crippen LogP) is 1.92. The molecule has 5 heteroatoms. The lowest BCUT2D eigenvalue weighted by atomic mass is 10.2. The maximum atomic E-state index is 14.0. The molecule has 0 aliphatic heterocycles. The van der Waals surface area contributed by atoms with Gasteiger partial charge in [-0.25, -0.2) is 4.39 Å². The van der Waals surface area contributed by atoms with Gasteiger partial charge in [0.1, 0.15) is 11.6 Å². The minimum Gasteiger partial charge on any atom is -0.494 e. The quantitative estimate of drug-likeness (QED) is 0.845. The lowest BCUT2D eigenvalue weighted by molar-refractivity contribution is 0.383. The normalized spacial score (nSPS) is 9.95. The maximum Gasteiger partial charge on any atom is 0.268 e. The lowest BCUT2D eigenvalue weighted by Gasteiger charge is -2.09. The zero-order chi connectivity index (χ0) is 13.8. The summed E-state index contributed by atoms with van der Waals surface area (Å²) in [6.07, 6.45) is 1.52. The fourth-order valence-corrected chi connectivity index (χ4v) is 1.77. The van der Waals surface area contributed by atoms with Gasteiger partial charge in [-0.05, 0) is 18.2 Å². The van der Waals surface area contributed by atoms with Gasteiger partial charge in [-0.3, -0.25) is 4.79 Å². The molecule has 1 aromatic carbocycles. The van der Waals surface area contributed by atoms with Gasteiger partial charge in [0.2, 0.25) is 0 Å². The van der Waals surface area contributed by atoms with Crippen LogP contribution in [0.2, 0.25) is 0 Å². The van der Waals surface area contributed by atoms with E-state index in [1.165, 1.54) is 30.0 Å². The van der Waals surface area contributed by atoms with Crippen molar-refractivity contribution in [3.8, 4) is 11.8 Å². The van der Waals surface area contributed by atoms with Crippen LogP contribution < -0.4 is 10.3 Å². The van der Waals surface area contributed by atoms with Gasteiger partial charge in [-0.15, -0.1) is 0 Å². The number of nitriles is 1. The van der Waals surface area contributed by atoms with E-state index in [1.54, 1.807) is 24.3 Å². The molecule has 2 rings (SSSR count). The molecule has 96 valence electrons. The third-order valence-electron chi connectivity index (χ3n) is 2.74. The maximum absolute atomic E-state index is 14.0. The van der Waals surface area contributed by atoms with E-state index in [0.29, 0.717) is 5.56 Å². The molecule has 0 unspecified atom stereocenters. The lowest BCUT2D eigenvalue weighted by Crippen LogP contribution is -2.22. The van der Waals surface area contributed by atoms with Crippen molar-refractivity contribution in [2.24, 2.45) is 0 Å². The van der Waals surface area contributed by atoms with Gasteiger partial charge in [-0.2, -0.15) is 5.26 Å². The molecule has 2 aromatic rings. The number of rotatable bonds is 3. The van der Waals surface area contributed by atoms with Crippen LogP contribution in [0.15, 0.2) is 41.3 Å². The summed E-state index contributed by atoms with van der Waals surface area (Å²) in [5, 5.41) is 8.79. The van der Waals surface area contributed by atoms with E-state index >= 15 is 0 Å². The van der Waals surface area contributed by atoms with Gasteiger partial charge in [-0.1, -0.05) is 12.1 Å². The van der Waals surface area contributed by atoms with Crippen LogP contribution in [0.25, 0.3) is 0 Å². The van der Waals surface area contributed by atoms with E-state index < -0.39 is 11.4 Å². The van der Waals surface area contributed by atoms with Gasteiger partial charge in [0.15, 0.2) is 11.6 Å². The second kappa shape index (κ2) is 5.36. The van der Waals surface area contributed by atoms with E-state index in [-0.39, 0.29) is 17.9 Å².